The van der Waals surface area contributed by atoms with Crippen LogP contribution in [-0.2, 0) is 0 Å². The molecule has 3 nitrogen and oxygen atoms in total. The standard InChI is InChI=1S/C13H19NO2/c1-10-5-3-7-12(13(10)15-2)16-11-6-4-8-14-9-11/h3,5,7,11,14H,4,6,8-9H2,1-2H3. The Morgan fingerprint density at radius 3 is 2.94 bits per heavy atom. The average molecular weight is 221 g/mol. The van der Waals surface area contributed by atoms with Crippen molar-refractivity contribution >= 4 is 0 Å². The van der Waals surface area contributed by atoms with Crippen LogP contribution in [0.2, 0.25) is 0 Å². The molecule has 1 aromatic rings. The van der Waals surface area contributed by atoms with Crippen LogP contribution in [0.5, 0.6) is 11.5 Å². The average Bonchev–Trinajstić information content (AvgIpc) is 2.31. The van der Waals surface area contributed by atoms with Gasteiger partial charge in [-0.3, -0.25) is 0 Å². The fourth-order valence-electron chi connectivity index (χ4n) is 2.08. The first-order chi connectivity index (χ1) is 7.81. The molecule has 0 saturated carbocycles. The molecule has 1 aromatic carbocycles. The van der Waals surface area contributed by atoms with Gasteiger partial charge in [-0.2, -0.15) is 0 Å². The zero-order valence-corrected chi connectivity index (χ0v) is 9.95. The molecule has 1 unspecified atom stereocenters. The van der Waals surface area contributed by atoms with E-state index in [9.17, 15) is 0 Å². The van der Waals surface area contributed by atoms with Gasteiger partial charge in [0.2, 0.25) is 0 Å². The van der Waals surface area contributed by atoms with Gasteiger partial charge < -0.3 is 14.8 Å². The second-order valence-corrected chi connectivity index (χ2v) is 4.19. The van der Waals surface area contributed by atoms with Crippen LogP contribution in [0.3, 0.4) is 0 Å². The summed E-state index contributed by atoms with van der Waals surface area (Å²) in [6.07, 6.45) is 2.56. The number of hydrogen-bond donors (Lipinski definition) is 1. The van der Waals surface area contributed by atoms with Crippen molar-refractivity contribution in [1.82, 2.24) is 5.32 Å². The molecule has 88 valence electrons. The maximum absolute atomic E-state index is 5.97. The summed E-state index contributed by atoms with van der Waals surface area (Å²) in [7, 11) is 1.69. The van der Waals surface area contributed by atoms with Gasteiger partial charge in [0.1, 0.15) is 6.10 Å². The Kier molecular flexibility index (Phi) is 3.67. The topological polar surface area (TPSA) is 30.5 Å². The molecule has 0 bridgehead atoms. The smallest absolute Gasteiger partial charge is 0.163 e. The number of ether oxygens (including phenoxy) is 2. The third-order valence-corrected chi connectivity index (χ3v) is 2.93. The normalized spacial score (nSPS) is 20.5. The Morgan fingerprint density at radius 1 is 1.38 bits per heavy atom. The highest BCUT2D eigenvalue weighted by Gasteiger charge is 2.16. The van der Waals surface area contributed by atoms with Crippen molar-refractivity contribution in [3.63, 3.8) is 0 Å². The number of piperidine rings is 1. The third kappa shape index (κ3) is 2.47. The van der Waals surface area contributed by atoms with Crippen molar-refractivity contribution in [1.29, 1.82) is 0 Å². The van der Waals surface area contributed by atoms with E-state index in [0.717, 1.165) is 36.6 Å². The Morgan fingerprint density at radius 2 is 2.25 bits per heavy atom. The number of hydrogen-bond acceptors (Lipinski definition) is 3. The molecule has 1 N–H and O–H groups in total. The van der Waals surface area contributed by atoms with Crippen LogP contribution in [0.15, 0.2) is 18.2 Å². The Bertz CT molecular complexity index is 346. The molecule has 2 rings (SSSR count). The van der Waals surface area contributed by atoms with E-state index in [1.807, 2.05) is 25.1 Å². The molecule has 0 aliphatic carbocycles. The number of methoxy groups -OCH3 is 1. The van der Waals surface area contributed by atoms with Crippen LogP contribution in [-0.4, -0.2) is 26.3 Å². The summed E-state index contributed by atoms with van der Waals surface area (Å²) >= 11 is 0. The van der Waals surface area contributed by atoms with E-state index in [-0.39, 0.29) is 6.10 Å². The minimum atomic E-state index is 0.268. The van der Waals surface area contributed by atoms with Crippen molar-refractivity contribution in [2.45, 2.75) is 25.9 Å². The maximum Gasteiger partial charge on any atom is 0.163 e. The summed E-state index contributed by atoms with van der Waals surface area (Å²) in [5, 5.41) is 3.34. The second-order valence-electron chi connectivity index (χ2n) is 4.19. The van der Waals surface area contributed by atoms with E-state index in [1.54, 1.807) is 7.11 Å². The number of benzene rings is 1. The zero-order valence-electron chi connectivity index (χ0n) is 9.95. The van der Waals surface area contributed by atoms with Crippen molar-refractivity contribution < 1.29 is 9.47 Å². The van der Waals surface area contributed by atoms with Crippen LogP contribution in [0.1, 0.15) is 18.4 Å². The molecule has 1 aliphatic heterocycles. The summed E-state index contributed by atoms with van der Waals surface area (Å²) in [5.41, 5.74) is 1.11. The minimum Gasteiger partial charge on any atom is -0.493 e. The van der Waals surface area contributed by atoms with Crippen LogP contribution >= 0.6 is 0 Å². The number of para-hydroxylation sites is 1. The fourth-order valence-corrected chi connectivity index (χ4v) is 2.08. The van der Waals surface area contributed by atoms with Crippen molar-refractivity contribution in [3.8, 4) is 11.5 Å². The Hall–Kier alpha value is -1.22. The SMILES string of the molecule is COc1c(C)cccc1OC1CCCNC1. The van der Waals surface area contributed by atoms with Crippen molar-refractivity contribution in [3.05, 3.63) is 23.8 Å². The van der Waals surface area contributed by atoms with Crippen LogP contribution < -0.4 is 14.8 Å². The van der Waals surface area contributed by atoms with Gasteiger partial charge in [0, 0.05) is 6.54 Å². The molecular formula is C13H19NO2. The molecule has 0 radical (unpaired) electrons. The Labute approximate surface area is 96.8 Å². The molecule has 0 aromatic heterocycles. The second kappa shape index (κ2) is 5.21. The highest BCUT2D eigenvalue weighted by Crippen LogP contribution is 2.31. The van der Waals surface area contributed by atoms with E-state index in [2.05, 4.69) is 5.32 Å². The molecule has 1 aliphatic rings. The van der Waals surface area contributed by atoms with E-state index in [4.69, 9.17) is 9.47 Å². The van der Waals surface area contributed by atoms with Crippen molar-refractivity contribution in [2.75, 3.05) is 20.2 Å². The lowest BCUT2D eigenvalue weighted by Crippen LogP contribution is -2.37. The first-order valence-electron chi connectivity index (χ1n) is 5.82. The lowest BCUT2D eigenvalue weighted by atomic mass is 10.1. The largest absolute Gasteiger partial charge is 0.493 e. The third-order valence-electron chi connectivity index (χ3n) is 2.93. The molecule has 1 heterocycles. The van der Waals surface area contributed by atoms with E-state index < -0.39 is 0 Å². The molecular weight excluding hydrogens is 202 g/mol. The van der Waals surface area contributed by atoms with Gasteiger partial charge in [0.05, 0.1) is 7.11 Å². The summed E-state index contributed by atoms with van der Waals surface area (Å²) in [5.74, 6) is 1.71. The van der Waals surface area contributed by atoms with E-state index in [0.29, 0.717) is 0 Å². The monoisotopic (exact) mass is 221 g/mol. The predicted octanol–water partition coefficient (Wildman–Crippen LogP) is 2.13. The van der Waals surface area contributed by atoms with Gasteiger partial charge in [0.25, 0.3) is 0 Å². The fraction of sp³-hybridized carbons (Fsp3) is 0.538. The summed E-state index contributed by atoms with van der Waals surface area (Å²) in [6, 6.07) is 6.01. The first-order valence-corrected chi connectivity index (χ1v) is 5.82. The maximum atomic E-state index is 5.97. The van der Waals surface area contributed by atoms with Gasteiger partial charge in [-0.05, 0) is 37.9 Å². The van der Waals surface area contributed by atoms with Gasteiger partial charge >= 0.3 is 0 Å². The number of nitrogens with one attached hydrogen (secondary N) is 1. The molecule has 0 spiro atoms. The van der Waals surface area contributed by atoms with Gasteiger partial charge in [-0.25, -0.2) is 0 Å². The minimum absolute atomic E-state index is 0.268. The van der Waals surface area contributed by atoms with Gasteiger partial charge in [0.15, 0.2) is 11.5 Å². The highest BCUT2D eigenvalue weighted by molar-refractivity contribution is 5.45. The van der Waals surface area contributed by atoms with Crippen LogP contribution in [0, 0.1) is 6.92 Å². The van der Waals surface area contributed by atoms with Crippen LogP contribution in [0.4, 0.5) is 0 Å². The summed E-state index contributed by atoms with van der Waals surface area (Å²) in [6.45, 7) is 4.06. The zero-order chi connectivity index (χ0) is 11.4. The number of aryl methyl sites for hydroxylation is 1. The predicted molar refractivity (Wildman–Crippen MR) is 64.3 cm³/mol. The number of rotatable bonds is 3. The lowest BCUT2D eigenvalue weighted by Gasteiger charge is -2.25. The van der Waals surface area contributed by atoms with E-state index >= 15 is 0 Å². The van der Waals surface area contributed by atoms with Gasteiger partial charge in [-0.15, -0.1) is 0 Å². The summed E-state index contributed by atoms with van der Waals surface area (Å²) in [4.78, 5) is 0. The summed E-state index contributed by atoms with van der Waals surface area (Å²) < 4.78 is 11.3. The van der Waals surface area contributed by atoms with Crippen molar-refractivity contribution in [2.24, 2.45) is 0 Å². The molecule has 3 heteroatoms. The molecule has 0 amide bonds. The van der Waals surface area contributed by atoms with Gasteiger partial charge in [-0.1, -0.05) is 12.1 Å². The highest BCUT2D eigenvalue weighted by atomic mass is 16.5. The molecule has 1 atom stereocenters. The van der Waals surface area contributed by atoms with Crippen LogP contribution in [0.25, 0.3) is 0 Å². The molecule has 1 fully saturated rings. The molecule has 16 heavy (non-hydrogen) atoms. The lowest BCUT2D eigenvalue weighted by molar-refractivity contribution is 0.161. The molecule has 1 saturated heterocycles. The Balaban J connectivity index is 2.10. The van der Waals surface area contributed by atoms with E-state index in [1.165, 1.54) is 6.42 Å². The first kappa shape index (κ1) is 11.3. The quantitative estimate of drug-likeness (QED) is 0.848.